The van der Waals surface area contributed by atoms with E-state index in [-0.39, 0.29) is 35.2 Å². The molecule has 28 heavy (non-hydrogen) atoms. The fourth-order valence-corrected chi connectivity index (χ4v) is 7.25. The van der Waals surface area contributed by atoms with Crippen molar-refractivity contribution in [3.63, 3.8) is 0 Å². The zero-order valence-electron chi connectivity index (χ0n) is 16.3. The zero-order chi connectivity index (χ0) is 19.5. The quantitative estimate of drug-likeness (QED) is 0.647. The topological polar surface area (TPSA) is 82.0 Å². The molecular formula is C21H30N2O4S. The molecule has 7 heteroatoms. The van der Waals surface area contributed by atoms with E-state index < -0.39 is 12.2 Å². The van der Waals surface area contributed by atoms with Crippen LogP contribution in [0.25, 0.3) is 0 Å². The lowest BCUT2D eigenvalue weighted by atomic mass is 9.65. The van der Waals surface area contributed by atoms with Crippen LogP contribution in [0.5, 0.6) is 0 Å². The van der Waals surface area contributed by atoms with Crippen molar-refractivity contribution < 1.29 is 19.7 Å². The third-order valence-electron chi connectivity index (χ3n) is 7.74. The number of amides is 1. The Morgan fingerprint density at radius 3 is 2.79 bits per heavy atom. The molecule has 1 amide bonds. The van der Waals surface area contributed by atoms with Crippen LogP contribution in [0, 0.1) is 23.7 Å². The van der Waals surface area contributed by atoms with Crippen LogP contribution in [0.3, 0.4) is 0 Å². The first-order valence-electron chi connectivity index (χ1n) is 10.6. The Morgan fingerprint density at radius 1 is 1.25 bits per heavy atom. The average Bonchev–Trinajstić information content (AvgIpc) is 3.37. The lowest BCUT2D eigenvalue weighted by Gasteiger charge is -2.48. The van der Waals surface area contributed by atoms with Crippen molar-refractivity contribution in [2.75, 3.05) is 32.8 Å². The fourth-order valence-electron chi connectivity index (χ4n) is 6.09. The predicted octanol–water partition coefficient (Wildman–Crippen LogP) is 0.962. The summed E-state index contributed by atoms with van der Waals surface area (Å²) in [6.45, 7) is 5.49. The van der Waals surface area contributed by atoms with Gasteiger partial charge in [-0.3, -0.25) is 4.79 Å². The molecule has 154 valence electrons. The maximum Gasteiger partial charge on any atom is 0.226 e. The van der Waals surface area contributed by atoms with Crippen LogP contribution < -0.4 is 5.32 Å². The molecule has 1 aromatic rings. The van der Waals surface area contributed by atoms with E-state index in [0.29, 0.717) is 19.6 Å². The highest BCUT2D eigenvalue weighted by Gasteiger charge is 2.53. The lowest BCUT2D eigenvalue weighted by Crippen LogP contribution is -2.57. The van der Waals surface area contributed by atoms with E-state index in [1.807, 2.05) is 11.8 Å². The second-order valence-electron chi connectivity index (χ2n) is 9.05. The molecule has 1 spiro atoms. The molecule has 3 N–H and O–H groups in total. The number of aliphatic hydroxyl groups is 2. The molecule has 2 saturated heterocycles. The Kier molecular flexibility index (Phi) is 4.79. The lowest BCUT2D eigenvalue weighted by molar-refractivity contribution is -0.161. The smallest absolute Gasteiger partial charge is 0.226 e. The van der Waals surface area contributed by atoms with Gasteiger partial charge in [-0.1, -0.05) is 6.92 Å². The van der Waals surface area contributed by atoms with Gasteiger partial charge in [-0.2, -0.15) is 0 Å². The highest BCUT2D eigenvalue weighted by Crippen LogP contribution is 2.46. The van der Waals surface area contributed by atoms with E-state index >= 15 is 0 Å². The standard InChI is InChI=1S/C21H30N2O4S/c1-12-16(14-10-22-11-15(14)18(25)17(12)24)20(26)23-6-4-21(5-7-23)19-13(2-8-27-21)3-9-28-19/h3,9,12,14-18,22,24-25H,2,4-8,10-11H2,1H3/t12-,14+,15+,16+,17+,18+/m1/s1. The number of piperidine rings is 1. The Hall–Kier alpha value is -0.990. The summed E-state index contributed by atoms with van der Waals surface area (Å²) in [7, 11) is 0. The Bertz CT molecular complexity index is 745. The maximum atomic E-state index is 13.5. The van der Waals surface area contributed by atoms with Gasteiger partial charge in [0.05, 0.1) is 18.8 Å². The van der Waals surface area contributed by atoms with Crippen molar-refractivity contribution in [3.8, 4) is 0 Å². The highest BCUT2D eigenvalue weighted by molar-refractivity contribution is 7.10. The molecule has 4 heterocycles. The van der Waals surface area contributed by atoms with Crippen LogP contribution in [-0.4, -0.2) is 66.0 Å². The molecule has 0 radical (unpaired) electrons. The van der Waals surface area contributed by atoms with E-state index in [4.69, 9.17) is 4.74 Å². The zero-order valence-corrected chi connectivity index (χ0v) is 17.2. The summed E-state index contributed by atoms with van der Waals surface area (Å²) in [6, 6.07) is 2.21. The molecule has 3 fully saturated rings. The van der Waals surface area contributed by atoms with Gasteiger partial charge >= 0.3 is 0 Å². The minimum Gasteiger partial charge on any atom is -0.390 e. The third-order valence-corrected chi connectivity index (χ3v) is 8.89. The molecule has 1 aromatic heterocycles. The minimum atomic E-state index is -0.832. The number of hydrogen-bond acceptors (Lipinski definition) is 6. The number of aliphatic hydroxyl groups excluding tert-OH is 2. The SMILES string of the molecule is C[C@H]1[C@H](O)[C@@H](O)[C@H]2CNC[C@@H]2[C@H]1C(=O)N1CCC2(CC1)OCCc1ccsc12. The molecule has 1 aliphatic carbocycles. The van der Waals surface area contributed by atoms with Gasteiger partial charge in [-0.15, -0.1) is 11.3 Å². The summed E-state index contributed by atoms with van der Waals surface area (Å²) in [4.78, 5) is 16.8. The number of ether oxygens (including phenoxy) is 1. The van der Waals surface area contributed by atoms with Crippen molar-refractivity contribution in [2.24, 2.45) is 23.7 Å². The normalized spacial score (nSPS) is 39.6. The third kappa shape index (κ3) is 2.78. The van der Waals surface area contributed by atoms with Crippen molar-refractivity contribution in [1.29, 1.82) is 0 Å². The van der Waals surface area contributed by atoms with E-state index in [1.54, 1.807) is 11.3 Å². The van der Waals surface area contributed by atoms with E-state index in [1.165, 1.54) is 10.4 Å². The van der Waals surface area contributed by atoms with Gasteiger partial charge in [-0.05, 0) is 54.7 Å². The molecule has 1 saturated carbocycles. The van der Waals surface area contributed by atoms with Gasteiger partial charge in [0, 0.05) is 36.3 Å². The first kappa shape index (κ1) is 19.0. The Morgan fingerprint density at radius 2 is 2.00 bits per heavy atom. The summed E-state index contributed by atoms with van der Waals surface area (Å²) in [5.41, 5.74) is 1.19. The second kappa shape index (κ2) is 7.06. The van der Waals surface area contributed by atoms with Crippen molar-refractivity contribution in [2.45, 2.75) is 44.0 Å². The van der Waals surface area contributed by atoms with Gasteiger partial charge in [0.2, 0.25) is 5.91 Å². The first-order valence-corrected chi connectivity index (χ1v) is 11.5. The largest absolute Gasteiger partial charge is 0.390 e. The number of nitrogens with zero attached hydrogens (tertiary/aromatic N) is 1. The molecule has 6 atom stereocenters. The van der Waals surface area contributed by atoms with Gasteiger partial charge < -0.3 is 25.2 Å². The summed E-state index contributed by atoms with van der Waals surface area (Å²) < 4.78 is 6.28. The highest BCUT2D eigenvalue weighted by atomic mass is 32.1. The molecule has 0 bridgehead atoms. The number of thiophene rings is 1. The molecule has 0 aromatic carbocycles. The number of likely N-dealkylation sites (tertiary alicyclic amines) is 1. The van der Waals surface area contributed by atoms with Crippen LogP contribution in [-0.2, 0) is 21.6 Å². The minimum absolute atomic E-state index is 0.0355. The van der Waals surface area contributed by atoms with E-state index in [2.05, 4.69) is 16.8 Å². The van der Waals surface area contributed by atoms with Crippen LogP contribution in [0.15, 0.2) is 11.4 Å². The fraction of sp³-hybridized carbons (Fsp3) is 0.762. The van der Waals surface area contributed by atoms with Crippen LogP contribution in [0.2, 0.25) is 0 Å². The van der Waals surface area contributed by atoms with Crippen molar-refractivity contribution in [3.05, 3.63) is 21.9 Å². The molecular weight excluding hydrogens is 376 g/mol. The van der Waals surface area contributed by atoms with Crippen LogP contribution in [0.4, 0.5) is 0 Å². The average molecular weight is 407 g/mol. The summed E-state index contributed by atoms with van der Waals surface area (Å²) in [5, 5.41) is 26.4. The summed E-state index contributed by atoms with van der Waals surface area (Å²) >= 11 is 1.78. The number of nitrogens with one attached hydrogen (secondary N) is 1. The van der Waals surface area contributed by atoms with Gasteiger partial charge in [0.15, 0.2) is 0 Å². The Labute approximate surface area is 169 Å². The van der Waals surface area contributed by atoms with Crippen LogP contribution >= 0.6 is 11.3 Å². The van der Waals surface area contributed by atoms with Gasteiger partial charge in [0.1, 0.15) is 5.60 Å². The molecule has 0 unspecified atom stereocenters. The number of carbonyl (C=O) groups is 1. The van der Waals surface area contributed by atoms with Crippen molar-refractivity contribution in [1.82, 2.24) is 10.2 Å². The summed E-state index contributed by atoms with van der Waals surface area (Å²) in [5.74, 6) is -0.237. The number of fused-ring (bicyclic) bond motifs is 3. The maximum absolute atomic E-state index is 13.5. The predicted molar refractivity (Wildman–Crippen MR) is 106 cm³/mol. The van der Waals surface area contributed by atoms with Crippen LogP contribution in [0.1, 0.15) is 30.2 Å². The van der Waals surface area contributed by atoms with E-state index in [0.717, 1.165) is 32.4 Å². The Balaban J connectivity index is 1.33. The second-order valence-corrected chi connectivity index (χ2v) is 9.96. The van der Waals surface area contributed by atoms with E-state index in [9.17, 15) is 15.0 Å². The monoisotopic (exact) mass is 406 g/mol. The number of rotatable bonds is 1. The van der Waals surface area contributed by atoms with Gasteiger partial charge in [0.25, 0.3) is 0 Å². The molecule has 4 aliphatic rings. The number of carbonyl (C=O) groups excluding carboxylic acids is 1. The van der Waals surface area contributed by atoms with Crippen molar-refractivity contribution >= 4 is 17.2 Å². The molecule has 6 nitrogen and oxygen atoms in total. The molecule has 3 aliphatic heterocycles. The summed E-state index contributed by atoms with van der Waals surface area (Å²) in [6.07, 6.45) is 1.09. The van der Waals surface area contributed by atoms with Gasteiger partial charge in [-0.25, -0.2) is 0 Å². The molecule has 5 rings (SSSR count). The first-order chi connectivity index (χ1) is 13.5. The number of hydrogen-bond donors (Lipinski definition) is 3.